The molecule has 0 aromatic heterocycles. The highest BCUT2D eigenvalue weighted by Gasteiger charge is 2.07. The van der Waals surface area contributed by atoms with Gasteiger partial charge in [-0.25, -0.2) is 0 Å². The Morgan fingerprint density at radius 2 is 1.82 bits per heavy atom. The third-order valence-electron chi connectivity index (χ3n) is 3.57. The van der Waals surface area contributed by atoms with Crippen LogP contribution >= 0.6 is 0 Å². The molecule has 0 fully saturated rings. The third-order valence-corrected chi connectivity index (χ3v) is 3.57. The van der Waals surface area contributed by atoms with E-state index in [0.717, 1.165) is 10.9 Å². The second-order valence-electron chi connectivity index (χ2n) is 4.90. The Morgan fingerprint density at radius 1 is 1.00 bits per heavy atom. The fourth-order valence-electron chi connectivity index (χ4n) is 2.42. The van der Waals surface area contributed by atoms with Gasteiger partial charge in [0.2, 0.25) is 0 Å². The van der Waals surface area contributed by atoms with Crippen LogP contribution in [-0.2, 0) is 6.61 Å². The molecule has 0 aliphatic heterocycles. The SMILES string of the molecule is COc1ccc(C#N)c(OCc2cccc3ccccc23)c1. The summed E-state index contributed by atoms with van der Waals surface area (Å²) in [6.45, 7) is 0.406. The van der Waals surface area contributed by atoms with Gasteiger partial charge < -0.3 is 9.47 Å². The molecule has 3 aromatic rings. The van der Waals surface area contributed by atoms with Crippen LogP contribution in [0.15, 0.2) is 60.7 Å². The van der Waals surface area contributed by atoms with Crippen molar-refractivity contribution in [1.82, 2.24) is 0 Å². The van der Waals surface area contributed by atoms with E-state index < -0.39 is 0 Å². The van der Waals surface area contributed by atoms with Gasteiger partial charge in [0.05, 0.1) is 12.7 Å². The summed E-state index contributed by atoms with van der Waals surface area (Å²) in [5.74, 6) is 1.21. The molecule has 0 N–H and O–H groups in total. The minimum Gasteiger partial charge on any atom is -0.497 e. The Hall–Kier alpha value is -2.99. The van der Waals surface area contributed by atoms with Gasteiger partial charge in [-0.1, -0.05) is 42.5 Å². The molecule has 0 unspecified atom stereocenters. The van der Waals surface area contributed by atoms with Gasteiger partial charge in [0.25, 0.3) is 0 Å². The summed E-state index contributed by atoms with van der Waals surface area (Å²) in [6, 6.07) is 21.6. The van der Waals surface area contributed by atoms with E-state index in [1.807, 2.05) is 24.3 Å². The van der Waals surface area contributed by atoms with Crippen LogP contribution in [0, 0.1) is 11.3 Å². The van der Waals surface area contributed by atoms with E-state index in [9.17, 15) is 5.26 Å². The first kappa shape index (κ1) is 14.0. The maximum absolute atomic E-state index is 9.18. The number of hydrogen-bond donors (Lipinski definition) is 0. The van der Waals surface area contributed by atoms with E-state index in [1.54, 1.807) is 25.3 Å². The number of rotatable bonds is 4. The zero-order chi connectivity index (χ0) is 15.4. The molecule has 0 radical (unpaired) electrons. The van der Waals surface area contributed by atoms with Gasteiger partial charge >= 0.3 is 0 Å². The maximum Gasteiger partial charge on any atom is 0.141 e. The Kier molecular flexibility index (Phi) is 3.93. The van der Waals surface area contributed by atoms with Gasteiger partial charge in [-0.15, -0.1) is 0 Å². The molecule has 0 saturated heterocycles. The predicted octanol–water partition coefficient (Wildman–Crippen LogP) is 4.30. The summed E-state index contributed by atoms with van der Waals surface area (Å²) in [7, 11) is 1.59. The minimum absolute atomic E-state index is 0.406. The van der Waals surface area contributed by atoms with E-state index in [-0.39, 0.29) is 0 Å². The summed E-state index contributed by atoms with van der Waals surface area (Å²) >= 11 is 0. The Labute approximate surface area is 129 Å². The van der Waals surface area contributed by atoms with Gasteiger partial charge in [0, 0.05) is 6.07 Å². The van der Waals surface area contributed by atoms with Crippen LogP contribution in [0.1, 0.15) is 11.1 Å². The first-order valence-corrected chi connectivity index (χ1v) is 6.99. The van der Waals surface area contributed by atoms with Crippen molar-refractivity contribution in [1.29, 1.82) is 5.26 Å². The molecule has 0 aliphatic rings. The van der Waals surface area contributed by atoms with Crippen LogP contribution in [0.25, 0.3) is 10.8 Å². The maximum atomic E-state index is 9.18. The Bertz CT molecular complexity index is 844. The van der Waals surface area contributed by atoms with Crippen molar-refractivity contribution in [3.63, 3.8) is 0 Å². The lowest BCUT2D eigenvalue weighted by Gasteiger charge is -2.11. The van der Waals surface area contributed by atoms with Crippen LogP contribution in [0.4, 0.5) is 0 Å². The molecular formula is C19H15NO2. The smallest absolute Gasteiger partial charge is 0.141 e. The van der Waals surface area contributed by atoms with Crippen LogP contribution in [0.3, 0.4) is 0 Å². The van der Waals surface area contributed by atoms with Gasteiger partial charge in [0.1, 0.15) is 24.2 Å². The monoisotopic (exact) mass is 289 g/mol. The number of benzene rings is 3. The molecule has 3 aromatic carbocycles. The third kappa shape index (κ3) is 2.72. The highest BCUT2D eigenvalue weighted by atomic mass is 16.5. The molecule has 3 rings (SSSR count). The van der Waals surface area contributed by atoms with Crippen molar-refractivity contribution in [3.8, 4) is 17.6 Å². The van der Waals surface area contributed by atoms with Gasteiger partial charge in [-0.3, -0.25) is 0 Å². The number of nitrogens with zero attached hydrogens (tertiary/aromatic N) is 1. The van der Waals surface area contributed by atoms with Gasteiger partial charge in [0.15, 0.2) is 0 Å². The molecule has 22 heavy (non-hydrogen) atoms. The molecule has 0 amide bonds. The molecular weight excluding hydrogens is 274 g/mol. The predicted molar refractivity (Wildman–Crippen MR) is 86.0 cm³/mol. The zero-order valence-electron chi connectivity index (χ0n) is 12.2. The molecule has 0 spiro atoms. The molecule has 0 bridgehead atoms. The minimum atomic E-state index is 0.406. The number of hydrogen-bond acceptors (Lipinski definition) is 3. The van der Waals surface area contributed by atoms with E-state index in [2.05, 4.69) is 24.3 Å². The molecule has 3 heteroatoms. The summed E-state index contributed by atoms with van der Waals surface area (Å²) in [4.78, 5) is 0. The lowest BCUT2D eigenvalue weighted by atomic mass is 10.1. The molecule has 0 aliphatic carbocycles. The molecule has 3 nitrogen and oxygen atoms in total. The topological polar surface area (TPSA) is 42.2 Å². The van der Waals surface area contributed by atoms with Crippen molar-refractivity contribution < 1.29 is 9.47 Å². The standard InChI is InChI=1S/C19H15NO2/c1-21-17-10-9-15(12-20)19(11-17)22-13-16-7-4-6-14-5-2-3-8-18(14)16/h2-11H,13H2,1H3. The second kappa shape index (κ2) is 6.19. The number of nitriles is 1. The van der Waals surface area contributed by atoms with Crippen LogP contribution in [0.5, 0.6) is 11.5 Å². The van der Waals surface area contributed by atoms with Crippen molar-refractivity contribution in [2.45, 2.75) is 6.61 Å². The highest BCUT2D eigenvalue weighted by molar-refractivity contribution is 5.85. The molecule has 0 saturated carbocycles. The lowest BCUT2D eigenvalue weighted by Crippen LogP contribution is -1.98. The molecule has 0 heterocycles. The normalized spacial score (nSPS) is 10.2. The van der Waals surface area contributed by atoms with Crippen LogP contribution < -0.4 is 9.47 Å². The summed E-state index contributed by atoms with van der Waals surface area (Å²) in [6.07, 6.45) is 0. The first-order valence-electron chi connectivity index (χ1n) is 6.99. The van der Waals surface area contributed by atoms with Crippen molar-refractivity contribution in [2.75, 3.05) is 7.11 Å². The van der Waals surface area contributed by atoms with E-state index in [4.69, 9.17) is 9.47 Å². The molecule has 0 atom stereocenters. The Balaban J connectivity index is 1.90. The fraction of sp³-hybridized carbons (Fsp3) is 0.105. The largest absolute Gasteiger partial charge is 0.497 e. The van der Waals surface area contributed by atoms with Gasteiger partial charge in [-0.2, -0.15) is 5.26 Å². The summed E-state index contributed by atoms with van der Waals surface area (Å²) in [5, 5.41) is 11.5. The number of ether oxygens (including phenoxy) is 2. The number of methoxy groups -OCH3 is 1. The fourth-order valence-corrected chi connectivity index (χ4v) is 2.42. The summed E-state index contributed by atoms with van der Waals surface area (Å²) < 4.78 is 11.0. The summed E-state index contributed by atoms with van der Waals surface area (Å²) in [5.41, 5.74) is 1.59. The average Bonchev–Trinajstić information content (AvgIpc) is 2.59. The Morgan fingerprint density at radius 3 is 2.64 bits per heavy atom. The first-order chi connectivity index (χ1) is 10.8. The second-order valence-corrected chi connectivity index (χ2v) is 4.90. The number of fused-ring (bicyclic) bond motifs is 1. The van der Waals surface area contributed by atoms with Crippen LogP contribution in [-0.4, -0.2) is 7.11 Å². The van der Waals surface area contributed by atoms with Crippen molar-refractivity contribution in [3.05, 3.63) is 71.8 Å². The van der Waals surface area contributed by atoms with E-state index >= 15 is 0 Å². The van der Waals surface area contributed by atoms with Gasteiger partial charge in [-0.05, 0) is 28.5 Å². The van der Waals surface area contributed by atoms with Crippen molar-refractivity contribution >= 4 is 10.8 Å². The average molecular weight is 289 g/mol. The highest BCUT2D eigenvalue weighted by Crippen LogP contribution is 2.26. The van der Waals surface area contributed by atoms with Crippen molar-refractivity contribution in [2.24, 2.45) is 0 Å². The van der Waals surface area contributed by atoms with E-state index in [0.29, 0.717) is 23.7 Å². The lowest BCUT2D eigenvalue weighted by molar-refractivity contribution is 0.304. The zero-order valence-corrected chi connectivity index (χ0v) is 12.2. The molecule has 108 valence electrons. The van der Waals surface area contributed by atoms with Crippen LogP contribution in [0.2, 0.25) is 0 Å². The quantitative estimate of drug-likeness (QED) is 0.719. The van der Waals surface area contributed by atoms with E-state index in [1.165, 1.54) is 5.39 Å².